The molecule has 4 heteroatoms. The van der Waals surface area contributed by atoms with Crippen molar-refractivity contribution in [1.82, 2.24) is 10.2 Å². The summed E-state index contributed by atoms with van der Waals surface area (Å²) >= 11 is 0. The molecule has 1 aliphatic rings. The van der Waals surface area contributed by atoms with E-state index in [4.69, 9.17) is 0 Å². The average molecular weight is 336 g/mol. The molecule has 0 saturated carbocycles. The van der Waals surface area contributed by atoms with Gasteiger partial charge in [0.15, 0.2) is 0 Å². The summed E-state index contributed by atoms with van der Waals surface area (Å²) in [5, 5.41) is 2.97. The van der Waals surface area contributed by atoms with Crippen molar-refractivity contribution in [3.63, 3.8) is 0 Å². The number of hydrogen-bond acceptors (Lipinski definition) is 2. The van der Waals surface area contributed by atoms with Crippen LogP contribution in [0.3, 0.4) is 0 Å². The number of nitrogens with one attached hydrogen (secondary N) is 1. The molecule has 1 aliphatic heterocycles. The van der Waals surface area contributed by atoms with Crippen molar-refractivity contribution in [1.29, 1.82) is 0 Å². The molecule has 1 fully saturated rings. The Morgan fingerprint density at radius 1 is 1.12 bits per heavy atom. The minimum atomic E-state index is -0.243. The van der Waals surface area contributed by atoms with Crippen LogP contribution in [-0.2, 0) is 22.6 Å². The van der Waals surface area contributed by atoms with Gasteiger partial charge in [0.05, 0.1) is 5.92 Å². The molecule has 2 aromatic carbocycles. The van der Waals surface area contributed by atoms with Gasteiger partial charge in [-0.05, 0) is 24.5 Å². The molecule has 0 spiro atoms. The van der Waals surface area contributed by atoms with Crippen molar-refractivity contribution in [2.75, 3.05) is 13.1 Å². The molecule has 1 N–H and O–H groups in total. The van der Waals surface area contributed by atoms with Crippen LogP contribution in [0.4, 0.5) is 0 Å². The lowest BCUT2D eigenvalue weighted by Gasteiger charge is -2.16. The Balaban J connectivity index is 1.48. The predicted molar refractivity (Wildman–Crippen MR) is 97.9 cm³/mol. The van der Waals surface area contributed by atoms with Gasteiger partial charge >= 0.3 is 0 Å². The monoisotopic (exact) mass is 336 g/mol. The molecule has 0 aliphatic carbocycles. The first-order valence-corrected chi connectivity index (χ1v) is 8.77. The SMILES string of the molecule is Cc1cccc(CNC(=O)[C@@H]2CC(=O)N(CCc3ccccc3)C2)c1. The Labute approximate surface area is 148 Å². The number of aryl methyl sites for hydroxylation is 1. The summed E-state index contributed by atoms with van der Waals surface area (Å²) in [7, 11) is 0. The second-order valence-corrected chi connectivity index (χ2v) is 6.68. The van der Waals surface area contributed by atoms with Crippen LogP contribution in [0.15, 0.2) is 54.6 Å². The smallest absolute Gasteiger partial charge is 0.225 e. The summed E-state index contributed by atoms with van der Waals surface area (Å²) in [6, 6.07) is 18.2. The Morgan fingerprint density at radius 2 is 1.88 bits per heavy atom. The predicted octanol–water partition coefficient (Wildman–Crippen LogP) is 2.70. The zero-order valence-electron chi connectivity index (χ0n) is 14.6. The lowest BCUT2D eigenvalue weighted by atomic mass is 10.1. The lowest BCUT2D eigenvalue weighted by molar-refractivity contribution is -0.129. The summed E-state index contributed by atoms with van der Waals surface area (Å²) in [6.07, 6.45) is 1.14. The van der Waals surface area contributed by atoms with E-state index in [9.17, 15) is 9.59 Å². The maximum atomic E-state index is 12.4. The fourth-order valence-electron chi connectivity index (χ4n) is 3.23. The van der Waals surface area contributed by atoms with Crippen LogP contribution in [0.5, 0.6) is 0 Å². The molecule has 0 aromatic heterocycles. The molecule has 2 aromatic rings. The van der Waals surface area contributed by atoms with Crippen LogP contribution >= 0.6 is 0 Å². The van der Waals surface area contributed by atoms with E-state index in [1.165, 1.54) is 11.1 Å². The molecule has 3 rings (SSSR count). The molecule has 0 bridgehead atoms. The fourth-order valence-corrected chi connectivity index (χ4v) is 3.23. The number of likely N-dealkylation sites (tertiary alicyclic amines) is 1. The van der Waals surface area contributed by atoms with Crippen LogP contribution in [0, 0.1) is 12.8 Å². The Kier molecular flexibility index (Phi) is 5.49. The minimum absolute atomic E-state index is 0.0305. The summed E-state index contributed by atoms with van der Waals surface area (Å²) in [5.74, 6) is -0.197. The highest BCUT2D eigenvalue weighted by atomic mass is 16.2. The summed E-state index contributed by atoms with van der Waals surface area (Å²) < 4.78 is 0. The maximum Gasteiger partial charge on any atom is 0.225 e. The molecule has 1 saturated heterocycles. The third kappa shape index (κ3) is 4.69. The molecule has 0 radical (unpaired) electrons. The van der Waals surface area contributed by atoms with Gasteiger partial charge in [0.1, 0.15) is 0 Å². The number of nitrogens with zero attached hydrogens (tertiary/aromatic N) is 1. The van der Waals surface area contributed by atoms with Crippen LogP contribution in [0.25, 0.3) is 0 Å². The fraction of sp³-hybridized carbons (Fsp3) is 0.333. The molecule has 4 nitrogen and oxygen atoms in total. The highest BCUT2D eigenvalue weighted by molar-refractivity contribution is 5.89. The Morgan fingerprint density at radius 3 is 2.64 bits per heavy atom. The third-order valence-electron chi connectivity index (χ3n) is 4.65. The second-order valence-electron chi connectivity index (χ2n) is 6.68. The zero-order chi connectivity index (χ0) is 17.6. The van der Waals surface area contributed by atoms with E-state index in [1.807, 2.05) is 48.2 Å². The van der Waals surface area contributed by atoms with Crippen LogP contribution in [0.1, 0.15) is 23.1 Å². The molecular formula is C21H24N2O2. The van der Waals surface area contributed by atoms with Crippen molar-refractivity contribution in [3.8, 4) is 0 Å². The van der Waals surface area contributed by atoms with Gasteiger partial charge in [-0.25, -0.2) is 0 Å². The van der Waals surface area contributed by atoms with Gasteiger partial charge in [-0.1, -0.05) is 60.2 Å². The summed E-state index contributed by atoms with van der Waals surface area (Å²) in [6.45, 7) is 3.73. The van der Waals surface area contributed by atoms with Crippen molar-refractivity contribution in [2.45, 2.75) is 26.3 Å². The highest BCUT2D eigenvalue weighted by Gasteiger charge is 2.33. The third-order valence-corrected chi connectivity index (χ3v) is 4.65. The van der Waals surface area contributed by atoms with Gasteiger partial charge in [0, 0.05) is 26.1 Å². The van der Waals surface area contributed by atoms with Gasteiger partial charge in [-0.15, -0.1) is 0 Å². The molecule has 130 valence electrons. The van der Waals surface area contributed by atoms with Crippen molar-refractivity contribution in [3.05, 3.63) is 71.3 Å². The van der Waals surface area contributed by atoms with Crippen molar-refractivity contribution >= 4 is 11.8 Å². The van der Waals surface area contributed by atoms with Crippen LogP contribution in [0.2, 0.25) is 0 Å². The minimum Gasteiger partial charge on any atom is -0.352 e. The van der Waals surface area contributed by atoms with E-state index in [2.05, 4.69) is 23.5 Å². The quantitative estimate of drug-likeness (QED) is 0.882. The van der Waals surface area contributed by atoms with Gasteiger partial charge in [-0.2, -0.15) is 0 Å². The van der Waals surface area contributed by atoms with Gasteiger partial charge in [0.25, 0.3) is 0 Å². The van der Waals surface area contributed by atoms with E-state index in [0.717, 1.165) is 12.0 Å². The molecule has 1 heterocycles. The highest BCUT2D eigenvalue weighted by Crippen LogP contribution is 2.19. The van der Waals surface area contributed by atoms with Gasteiger partial charge in [0.2, 0.25) is 11.8 Å². The number of carbonyl (C=O) groups is 2. The number of carbonyl (C=O) groups excluding carboxylic acids is 2. The van der Waals surface area contributed by atoms with E-state index in [1.54, 1.807) is 0 Å². The standard InChI is InChI=1S/C21H24N2O2/c1-16-6-5-9-18(12-16)14-22-21(25)19-13-20(24)23(15-19)11-10-17-7-3-2-4-8-17/h2-9,12,19H,10-11,13-15H2,1H3,(H,22,25)/t19-/m1/s1. The molecule has 0 unspecified atom stereocenters. The van der Waals surface area contributed by atoms with Crippen molar-refractivity contribution in [2.24, 2.45) is 5.92 Å². The molecule has 25 heavy (non-hydrogen) atoms. The Bertz CT molecular complexity index is 743. The van der Waals surface area contributed by atoms with E-state index < -0.39 is 0 Å². The first-order valence-electron chi connectivity index (χ1n) is 8.77. The van der Waals surface area contributed by atoms with E-state index in [-0.39, 0.29) is 17.7 Å². The van der Waals surface area contributed by atoms with Gasteiger partial charge < -0.3 is 10.2 Å². The van der Waals surface area contributed by atoms with Crippen molar-refractivity contribution < 1.29 is 9.59 Å². The number of benzene rings is 2. The second kappa shape index (κ2) is 7.97. The number of rotatable bonds is 6. The summed E-state index contributed by atoms with van der Waals surface area (Å²) in [5.41, 5.74) is 3.47. The van der Waals surface area contributed by atoms with E-state index in [0.29, 0.717) is 26.1 Å². The summed E-state index contributed by atoms with van der Waals surface area (Å²) in [4.78, 5) is 26.4. The van der Waals surface area contributed by atoms with Gasteiger partial charge in [-0.3, -0.25) is 9.59 Å². The normalized spacial score (nSPS) is 16.9. The van der Waals surface area contributed by atoms with Crippen LogP contribution < -0.4 is 5.32 Å². The lowest BCUT2D eigenvalue weighted by Crippen LogP contribution is -2.33. The van der Waals surface area contributed by atoms with Crippen LogP contribution in [-0.4, -0.2) is 29.8 Å². The zero-order valence-corrected chi connectivity index (χ0v) is 14.6. The largest absolute Gasteiger partial charge is 0.352 e. The number of hydrogen-bond donors (Lipinski definition) is 1. The van der Waals surface area contributed by atoms with E-state index >= 15 is 0 Å². The average Bonchev–Trinajstić information content (AvgIpc) is 3.00. The first-order chi connectivity index (χ1) is 12.1. The topological polar surface area (TPSA) is 49.4 Å². The Hall–Kier alpha value is -2.62. The molecule has 2 amide bonds. The maximum absolute atomic E-state index is 12.4. The molecular weight excluding hydrogens is 312 g/mol. The number of amides is 2. The molecule has 1 atom stereocenters. The first kappa shape index (κ1) is 17.2.